The Balaban J connectivity index is 1.51. The van der Waals surface area contributed by atoms with E-state index < -0.39 is 0 Å². The SMILES string of the molecule is C[C@@H](NC(=O)O[C@H]1CN[C@@H](C(c2ccc(C(C)(C)C)cc2)c2ccc(C(C)(C)C)cc2)C1)c1ccccc1. The molecule has 0 unspecified atom stereocenters. The first kappa shape index (κ1) is 27.9. The highest BCUT2D eigenvalue weighted by Gasteiger charge is 2.35. The number of hydrogen-bond acceptors (Lipinski definition) is 3. The van der Waals surface area contributed by atoms with Crippen LogP contribution in [0.4, 0.5) is 4.79 Å². The summed E-state index contributed by atoms with van der Waals surface area (Å²) in [5, 5.41) is 6.66. The van der Waals surface area contributed by atoms with Gasteiger partial charge in [-0.25, -0.2) is 4.79 Å². The summed E-state index contributed by atoms with van der Waals surface area (Å²) in [6, 6.07) is 28.1. The summed E-state index contributed by atoms with van der Waals surface area (Å²) in [6.45, 7) is 16.1. The highest BCUT2D eigenvalue weighted by atomic mass is 16.6. The van der Waals surface area contributed by atoms with E-state index in [0.717, 1.165) is 12.0 Å². The Morgan fingerprint density at radius 1 is 0.789 bits per heavy atom. The molecule has 0 aromatic heterocycles. The number of hydrogen-bond donors (Lipinski definition) is 2. The first-order valence-corrected chi connectivity index (χ1v) is 13.9. The quantitative estimate of drug-likeness (QED) is 0.357. The zero-order chi connectivity index (χ0) is 27.5. The highest BCUT2D eigenvalue weighted by Crippen LogP contribution is 2.35. The number of benzene rings is 3. The Labute approximate surface area is 229 Å². The fourth-order valence-corrected chi connectivity index (χ4v) is 5.30. The molecule has 4 heteroatoms. The monoisotopic (exact) mass is 512 g/mol. The van der Waals surface area contributed by atoms with E-state index in [1.54, 1.807) is 0 Å². The Bertz CT molecular complexity index is 1130. The van der Waals surface area contributed by atoms with Crippen LogP contribution >= 0.6 is 0 Å². The van der Waals surface area contributed by atoms with E-state index in [2.05, 4.69) is 101 Å². The smallest absolute Gasteiger partial charge is 0.407 e. The standard InChI is InChI=1S/C34H44N2O2/c1-23(24-11-9-8-10-12-24)36-32(37)38-29-21-30(35-22-29)31(25-13-17-27(18-14-25)33(2,3)4)26-15-19-28(20-16-26)34(5,6)7/h8-20,23,29-31,35H,21-22H2,1-7H3,(H,36,37)/t23-,29-,30-/m1/s1. The van der Waals surface area contributed by atoms with Crippen LogP contribution in [0.2, 0.25) is 0 Å². The van der Waals surface area contributed by atoms with Crippen LogP contribution < -0.4 is 10.6 Å². The molecule has 3 aromatic rings. The fraction of sp³-hybridized carbons (Fsp3) is 0.441. The van der Waals surface area contributed by atoms with Crippen molar-refractivity contribution in [3.63, 3.8) is 0 Å². The zero-order valence-corrected chi connectivity index (χ0v) is 24.0. The maximum absolute atomic E-state index is 12.7. The lowest BCUT2D eigenvalue weighted by Gasteiger charge is -2.27. The molecule has 3 atom stereocenters. The lowest BCUT2D eigenvalue weighted by Crippen LogP contribution is -2.31. The van der Waals surface area contributed by atoms with Crippen molar-refractivity contribution < 1.29 is 9.53 Å². The maximum Gasteiger partial charge on any atom is 0.407 e. The van der Waals surface area contributed by atoms with E-state index >= 15 is 0 Å². The molecule has 4 nitrogen and oxygen atoms in total. The molecule has 1 aliphatic rings. The average molecular weight is 513 g/mol. The third kappa shape index (κ3) is 6.85. The Morgan fingerprint density at radius 2 is 1.29 bits per heavy atom. The summed E-state index contributed by atoms with van der Waals surface area (Å²) in [6.07, 6.45) is 0.224. The first-order valence-electron chi connectivity index (χ1n) is 13.9. The van der Waals surface area contributed by atoms with Crippen molar-refractivity contribution >= 4 is 6.09 Å². The number of carbonyl (C=O) groups is 1. The van der Waals surface area contributed by atoms with Gasteiger partial charge in [0.2, 0.25) is 0 Å². The summed E-state index contributed by atoms with van der Waals surface area (Å²) >= 11 is 0. The first-order chi connectivity index (χ1) is 17.9. The largest absolute Gasteiger partial charge is 0.445 e. The van der Waals surface area contributed by atoms with Crippen LogP contribution in [0.5, 0.6) is 0 Å². The summed E-state index contributed by atoms with van der Waals surface area (Å²) in [5.41, 5.74) is 6.49. The third-order valence-electron chi connectivity index (χ3n) is 7.71. The van der Waals surface area contributed by atoms with Crippen LogP contribution in [0.1, 0.15) is 94.7 Å². The molecular weight excluding hydrogens is 468 g/mol. The van der Waals surface area contributed by atoms with E-state index in [1.165, 1.54) is 22.3 Å². The van der Waals surface area contributed by atoms with Crippen molar-refractivity contribution in [1.82, 2.24) is 10.6 Å². The van der Waals surface area contributed by atoms with Crippen LogP contribution in [0.15, 0.2) is 78.9 Å². The Kier molecular flexibility index (Phi) is 8.32. The van der Waals surface area contributed by atoms with Gasteiger partial charge in [-0.05, 0) is 45.6 Å². The molecule has 1 amide bonds. The minimum absolute atomic E-state index is 0.107. The molecule has 2 N–H and O–H groups in total. The molecule has 4 rings (SSSR count). The molecular formula is C34H44N2O2. The normalized spacial score (nSPS) is 18.8. The predicted molar refractivity (Wildman–Crippen MR) is 157 cm³/mol. The van der Waals surface area contributed by atoms with E-state index in [-0.39, 0.29) is 41.0 Å². The molecule has 0 radical (unpaired) electrons. The lowest BCUT2D eigenvalue weighted by molar-refractivity contribution is 0.103. The molecule has 1 saturated heterocycles. The van der Waals surface area contributed by atoms with Crippen LogP contribution in [0, 0.1) is 0 Å². The number of carbonyl (C=O) groups excluding carboxylic acids is 1. The minimum Gasteiger partial charge on any atom is -0.445 e. The molecule has 1 fully saturated rings. The van der Waals surface area contributed by atoms with E-state index in [1.807, 2.05) is 37.3 Å². The second kappa shape index (κ2) is 11.3. The van der Waals surface area contributed by atoms with Gasteiger partial charge in [0.05, 0.1) is 6.04 Å². The fourth-order valence-electron chi connectivity index (χ4n) is 5.30. The van der Waals surface area contributed by atoms with E-state index in [4.69, 9.17) is 4.74 Å². The minimum atomic E-state index is -0.366. The number of amides is 1. The summed E-state index contributed by atoms with van der Waals surface area (Å²) in [4.78, 5) is 12.7. The predicted octanol–water partition coefficient (Wildman–Crippen LogP) is 7.63. The molecule has 38 heavy (non-hydrogen) atoms. The van der Waals surface area contributed by atoms with Gasteiger partial charge in [0, 0.05) is 24.9 Å². The van der Waals surface area contributed by atoms with Gasteiger partial charge in [-0.1, -0.05) is 120 Å². The molecule has 1 heterocycles. The second-order valence-electron chi connectivity index (χ2n) is 12.8. The summed E-state index contributed by atoms with van der Waals surface area (Å²) in [7, 11) is 0. The number of ether oxygens (including phenoxy) is 1. The van der Waals surface area contributed by atoms with Crippen molar-refractivity contribution in [2.24, 2.45) is 0 Å². The van der Waals surface area contributed by atoms with Crippen LogP contribution in [-0.2, 0) is 15.6 Å². The number of rotatable bonds is 6. The van der Waals surface area contributed by atoms with Gasteiger partial charge in [-0.2, -0.15) is 0 Å². The van der Waals surface area contributed by atoms with Gasteiger partial charge in [-0.3, -0.25) is 0 Å². The molecule has 0 bridgehead atoms. The molecule has 0 saturated carbocycles. The van der Waals surface area contributed by atoms with Crippen LogP contribution in [-0.4, -0.2) is 24.8 Å². The van der Waals surface area contributed by atoms with Crippen LogP contribution in [0.25, 0.3) is 0 Å². The number of nitrogens with one attached hydrogen (secondary N) is 2. The van der Waals surface area contributed by atoms with Gasteiger partial charge >= 0.3 is 6.09 Å². The van der Waals surface area contributed by atoms with Crippen molar-refractivity contribution in [1.29, 1.82) is 0 Å². The van der Waals surface area contributed by atoms with Crippen molar-refractivity contribution in [2.75, 3.05) is 6.54 Å². The zero-order valence-electron chi connectivity index (χ0n) is 24.0. The van der Waals surface area contributed by atoms with Gasteiger partial charge in [-0.15, -0.1) is 0 Å². The Morgan fingerprint density at radius 3 is 1.76 bits per heavy atom. The van der Waals surface area contributed by atoms with Crippen molar-refractivity contribution in [3.05, 3.63) is 107 Å². The van der Waals surface area contributed by atoms with E-state index in [0.29, 0.717) is 6.54 Å². The van der Waals surface area contributed by atoms with Crippen LogP contribution in [0.3, 0.4) is 0 Å². The summed E-state index contributed by atoms with van der Waals surface area (Å²) < 4.78 is 5.87. The van der Waals surface area contributed by atoms with Crippen molar-refractivity contribution in [3.8, 4) is 0 Å². The number of alkyl carbamates (subject to hydrolysis) is 1. The van der Waals surface area contributed by atoms with Gasteiger partial charge in [0.15, 0.2) is 0 Å². The van der Waals surface area contributed by atoms with Crippen molar-refractivity contribution in [2.45, 2.75) is 89.8 Å². The third-order valence-corrected chi connectivity index (χ3v) is 7.71. The lowest BCUT2D eigenvalue weighted by atomic mass is 9.80. The highest BCUT2D eigenvalue weighted by molar-refractivity contribution is 5.68. The van der Waals surface area contributed by atoms with Gasteiger partial charge in [0.25, 0.3) is 0 Å². The molecule has 202 valence electrons. The molecule has 0 aliphatic carbocycles. The summed E-state index contributed by atoms with van der Waals surface area (Å²) in [5.74, 6) is 0.165. The Hall–Kier alpha value is -3.11. The molecule has 3 aromatic carbocycles. The molecule has 0 spiro atoms. The van der Waals surface area contributed by atoms with Gasteiger partial charge < -0.3 is 15.4 Å². The average Bonchev–Trinajstić information content (AvgIpc) is 3.32. The maximum atomic E-state index is 12.7. The molecule has 1 aliphatic heterocycles. The topological polar surface area (TPSA) is 50.4 Å². The van der Waals surface area contributed by atoms with Gasteiger partial charge in [0.1, 0.15) is 6.10 Å². The second-order valence-corrected chi connectivity index (χ2v) is 12.8. The van der Waals surface area contributed by atoms with E-state index in [9.17, 15) is 4.79 Å².